The van der Waals surface area contributed by atoms with E-state index >= 15 is 0 Å². The second-order valence-corrected chi connectivity index (χ2v) is 5.34. The number of nitrogens with zero attached hydrogens (tertiary/aromatic N) is 3. The van der Waals surface area contributed by atoms with Crippen LogP contribution in [0.25, 0.3) is 0 Å². The molecule has 0 aliphatic rings. The first-order chi connectivity index (χ1) is 9.11. The van der Waals surface area contributed by atoms with Crippen molar-refractivity contribution in [3.05, 3.63) is 46.5 Å². The summed E-state index contributed by atoms with van der Waals surface area (Å²) in [5.74, 6) is 0.585. The van der Waals surface area contributed by atoms with Gasteiger partial charge in [-0.15, -0.1) is 0 Å². The zero-order chi connectivity index (χ0) is 13.8. The Labute approximate surface area is 120 Å². The maximum Gasteiger partial charge on any atom is 0.137 e. The molecule has 1 aromatic carbocycles. The van der Waals surface area contributed by atoms with Crippen molar-refractivity contribution in [3.63, 3.8) is 0 Å². The Hall–Kier alpha value is -1.80. The number of hydrogen-bond donors (Lipinski definition) is 0. The molecule has 1 aromatic heterocycles. The molecule has 0 radical (unpaired) electrons. The molecular formula is C14H14BrN3O. The molecule has 0 spiro atoms. The van der Waals surface area contributed by atoms with E-state index in [-0.39, 0.29) is 0 Å². The molecular weight excluding hydrogens is 306 g/mol. The summed E-state index contributed by atoms with van der Waals surface area (Å²) < 4.78 is 8.63. The van der Waals surface area contributed by atoms with Gasteiger partial charge in [0, 0.05) is 10.5 Å². The van der Waals surface area contributed by atoms with Crippen LogP contribution in [-0.4, -0.2) is 9.55 Å². The number of ether oxygens (including phenoxy) is 1. The van der Waals surface area contributed by atoms with Crippen LogP contribution in [-0.2, 0) is 6.61 Å². The monoisotopic (exact) mass is 319 g/mol. The fourth-order valence-electron chi connectivity index (χ4n) is 1.78. The van der Waals surface area contributed by atoms with Gasteiger partial charge in [0.1, 0.15) is 18.4 Å². The van der Waals surface area contributed by atoms with Crippen LogP contribution < -0.4 is 4.74 Å². The van der Waals surface area contributed by atoms with Gasteiger partial charge < -0.3 is 9.30 Å². The molecule has 0 saturated heterocycles. The Morgan fingerprint density at radius 2 is 2.26 bits per heavy atom. The van der Waals surface area contributed by atoms with Crippen molar-refractivity contribution in [2.24, 2.45) is 0 Å². The second kappa shape index (κ2) is 5.89. The molecule has 2 rings (SSSR count). The lowest BCUT2D eigenvalue weighted by atomic mass is 10.2. The van der Waals surface area contributed by atoms with Gasteiger partial charge in [0.25, 0.3) is 0 Å². The molecule has 1 heterocycles. The Morgan fingerprint density at radius 3 is 2.95 bits per heavy atom. The van der Waals surface area contributed by atoms with E-state index in [0.29, 0.717) is 24.0 Å². The molecule has 0 bridgehead atoms. The van der Waals surface area contributed by atoms with Crippen molar-refractivity contribution in [2.75, 3.05) is 0 Å². The standard InChI is InChI=1S/C14H14BrN3O/c1-10(2)18-9-17-7-13(18)8-19-14-4-3-12(15)5-11(14)6-16/h3-5,7,9-10H,8H2,1-2H3. The topological polar surface area (TPSA) is 50.8 Å². The molecule has 0 aliphatic heterocycles. The second-order valence-electron chi connectivity index (χ2n) is 4.43. The van der Waals surface area contributed by atoms with Gasteiger partial charge in [-0.2, -0.15) is 5.26 Å². The van der Waals surface area contributed by atoms with E-state index in [0.717, 1.165) is 10.2 Å². The van der Waals surface area contributed by atoms with Crippen LogP contribution in [0.1, 0.15) is 31.1 Å². The highest BCUT2D eigenvalue weighted by atomic mass is 79.9. The average molecular weight is 320 g/mol. The van der Waals surface area contributed by atoms with Crippen molar-refractivity contribution < 1.29 is 4.74 Å². The minimum atomic E-state index is 0.335. The van der Waals surface area contributed by atoms with Crippen LogP contribution in [0.5, 0.6) is 5.75 Å². The summed E-state index contributed by atoms with van der Waals surface area (Å²) >= 11 is 3.34. The normalized spacial score (nSPS) is 10.5. The van der Waals surface area contributed by atoms with Crippen molar-refractivity contribution in [2.45, 2.75) is 26.5 Å². The molecule has 0 N–H and O–H groups in total. The molecule has 98 valence electrons. The third-order valence-corrected chi connectivity index (χ3v) is 3.23. The molecule has 19 heavy (non-hydrogen) atoms. The largest absolute Gasteiger partial charge is 0.486 e. The summed E-state index contributed by atoms with van der Waals surface area (Å²) in [5.41, 5.74) is 1.51. The van der Waals surface area contributed by atoms with E-state index in [4.69, 9.17) is 10.00 Å². The van der Waals surface area contributed by atoms with Crippen molar-refractivity contribution >= 4 is 15.9 Å². The summed E-state index contributed by atoms with van der Waals surface area (Å²) in [5, 5.41) is 9.07. The smallest absolute Gasteiger partial charge is 0.137 e. The van der Waals surface area contributed by atoms with Crippen LogP contribution in [0.4, 0.5) is 0 Å². The number of nitriles is 1. The van der Waals surface area contributed by atoms with Crippen molar-refractivity contribution in [1.29, 1.82) is 5.26 Å². The number of aromatic nitrogens is 2. The Morgan fingerprint density at radius 1 is 1.47 bits per heavy atom. The molecule has 0 saturated carbocycles. The van der Waals surface area contributed by atoms with E-state index in [2.05, 4.69) is 40.8 Å². The minimum absolute atomic E-state index is 0.335. The Balaban J connectivity index is 2.15. The molecule has 2 aromatic rings. The summed E-state index contributed by atoms with van der Waals surface area (Å²) in [4.78, 5) is 4.12. The van der Waals surface area contributed by atoms with Gasteiger partial charge in [0.05, 0.1) is 23.8 Å². The van der Waals surface area contributed by atoms with Crippen molar-refractivity contribution in [1.82, 2.24) is 9.55 Å². The highest BCUT2D eigenvalue weighted by Gasteiger charge is 2.08. The molecule has 0 atom stereocenters. The van der Waals surface area contributed by atoms with E-state index in [1.54, 1.807) is 24.7 Å². The molecule has 0 unspecified atom stereocenters. The van der Waals surface area contributed by atoms with Crippen LogP contribution in [0, 0.1) is 11.3 Å². The lowest BCUT2D eigenvalue weighted by molar-refractivity contribution is 0.291. The van der Waals surface area contributed by atoms with E-state index < -0.39 is 0 Å². The molecule has 4 nitrogen and oxygen atoms in total. The number of halogens is 1. The minimum Gasteiger partial charge on any atom is -0.486 e. The van der Waals surface area contributed by atoms with E-state index in [1.807, 2.05) is 10.6 Å². The highest BCUT2D eigenvalue weighted by Crippen LogP contribution is 2.23. The maximum atomic E-state index is 9.07. The first-order valence-corrected chi connectivity index (χ1v) is 6.74. The first kappa shape index (κ1) is 13.6. The average Bonchev–Trinajstić information content (AvgIpc) is 2.85. The predicted molar refractivity (Wildman–Crippen MR) is 75.8 cm³/mol. The van der Waals surface area contributed by atoms with Gasteiger partial charge in [-0.25, -0.2) is 4.98 Å². The first-order valence-electron chi connectivity index (χ1n) is 5.95. The zero-order valence-corrected chi connectivity index (χ0v) is 12.4. The summed E-state index contributed by atoms with van der Waals surface area (Å²) in [6, 6.07) is 7.85. The Kier molecular flexibility index (Phi) is 4.23. The SMILES string of the molecule is CC(C)n1cncc1COc1ccc(Br)cc1C#N. The van der Waals surface area contributed by atoms with Crippen LogP contribution in [0.15, 0.2) is 35.2 Å². The van der Waals surface area contributed by atoms with Gasteiger partial charge in [-0.1, -0.05) is 15.9 Å². The summed E-state index contributed by atoms with van der Waals surface area (Å²) in [7, 11) is 0. The van der Waals surface area contributed by atoms with Crippen LogP contribution >= 0.6 is 15.9 Å². The van der Waals surface area contributed by atoms with Gasteiger partial charge in [0.15, 0.2) is 0 Å². The predicted octanol–water partition coefficient (Wildman–Crippen LogP) is 3.68. The molecule has 0 fully saturated rings. The fraction of sp³-hybridized carbons (Fsp3) is 0.286. The molecule has 5 heteroatoms. The van der Waals surface area contributed by atoms with Crippen LogP contribution in [0.2, 0.25) is 0 Å². The van der Waals surface area contributed by atoms with Gasteiger partial charge in [0.2, 0.25) is 0 Å². The maximum absolute atomic E-state index is 9.07. The number of benzene rings is 1. The zero-order valence-electron chi connectivity index (χ0n) is 10.8. The lowest BCUT2D eigenvalue weighted by Gasteiger charge is -2.13. The number of rotatable bonds is 4. The molecule has 0 amide bonds. The Bertz CT molecular complexity index is 613. The summed E-state index contributed by atoms with van der Waals surface area (Å²) in [6.45, 7) is 4.57. The quantitative estimate of drug-likeness (QED) is 0.863. The number of hydrogen-bond acceptors (Lipinski definition) is 3. The third-order valence-electron chi connectivity index (χ3n) is 2.74. The fourth-order valence-corrected chi connectivity index (χ4v) is 2.14. The third kappa shape index (κ3) is 3.15. The van der Waals surface area contributed by atoms with Crippen LogP contribution in [0.3, 0.4) is 0 Å². The molecule has 0 aliphatic carbocycles. The summed E-state index contributed by atoms with van der Waals surface area (Å²) in [6.07, 6.45) is 3.57. The van der Waals surface area contributed by atoms with Gasteiger partial charge >= 0.3 is 0 Å². The van der Waals surface area contributed by atoms with E-state index in [1.165, 1.54) is 0 Å². The van der Waals surface area contributed by atoms with E-state index in [9.17, 15) is 0 Å². The lowest BCUT2D eigenvalue weighted by Crippen LogP contribution is -2.07. The highest BCUT2D eigenvalue weighted by molar-refractivity contribution is 9.10. The van der Waals surface area contributed by atoms with Gasteiger partial charge in [-0.3, -0.25) is 0 Å². The van der Waals surface area contributed by atoms with Crippen molar-refractivity contribution in [3.8, 4) is 11.8 Å². The van der Waals surface area contributed by atoms with Gasteiger partial charge in [-0.05, 0) is 32.0 Å². The number of imidazole rings is 1.